The minimum absolute atomic E-state index is 0.195. The van der Waals surface area contributed by atoms with Crippen LogP contribution in [0, 0.1) is 0 Å². The van der Waals surface area contributed by atoms with Crippen molar-refractivity contribution >= 4 is 11.8 Å². The Hall–Kier alpha value is -2.11. The van der Waals surface area contributed by atoms with Crippen molar-refractivity contribution in [2.24, 2.45) is 0 Å². The lowest BCUT2D eigenvalue weighted by Gasteiger charge is -2.25. The van der Waals surface area contributed by atoms with Gasteiger partial charge in [0.15, 0.2) is 5.69 Å². The van der Waals surface area contributed by atoms with E-state index in [0.29, 0.717) is 42.9 Å². The van der Waals surface area contributed by atoms with Gasteiger partial charge in [-0.3, -0.25) is 9.69 Å². The topological polar surface area (TPSA) is 77.7 Å². The van der Waals surface area contributed by atoms with Crippen LogP contribution in [0.15, 0.2) is 39.0 Å². The predicted molar refractivity (Wildman–Crippen MR) is 108 cm³/mol. The fraction of sp³-hybridized carbons (Fsp3) is 0.550. The van der Waals surface area contributed by atoms with Crippen LogP contribution in [0.2, 0.25) is 0 Å². The van der Waals surface area contributed by atoms with Crippen molar-refractivity contribution in [1.82, 2.24) is 14.9 Å². The molecule has 0 atom stereocenters. The fourth-order valence-corrected chi connectivity index (χ4v) is 3.70. The number of alkyl halides is 3. The summed E-state index contributed by atoms with van der Waals surface area (Å²) >= 11 is 1.35. The van der Waals surface area contributed by atoms with Crippen molar-refractivity contribution < 1.29 is 27.1 Å². The molecule has 1 fully saturated rings. The Labute approximate surface area is 182 Å². The van der Waals surface area contributed by atoms with Crippen molar-refractivity contribution in [3.05, 3.63) is 46.4 Å². The van der Waals surface area contributed by atoms with E-state index in [1.807, 2.05) is 0 Å². The highest BCUT2D eigenvalue weighted by Crippen LogP contribution is 2.27. The van der Waals surface area contributed by atoms with Gasteiger partial charge in [-0.05, 0) is 25.0 Å². The molecule has 0 aliphatic carbocycles. The summed E-state index contributed by atoms with van der Waals surface area (Å²) in [6.45, 7) is 3.94. The zero-order valence-electron chi connectivity index (χ0n) is 16.9. The number of hydrogen-bond acceptors (Lipinski definition) is 8. The maximum atomic E-state index is 12.5. The quantitative estimate of drug-likeness (QED) is 0.394. The van der Waals surface area contributed by atoms with Gasteiger partial charge in [-0.15, -0.1) is 11.8 Å². The molecule has 3 heterocycles. The number of thioether (sulfide) groups is 1. The number of ether oxygens (including phenoxy) is 2. The average molecular weight is 459 g/mol. The van der Waals surface area contributed by atoms with Crippen molar-refractivity contribution in [3.8, 4) is 5.75 Å². The Kier molecular flexibility index (Phi) is 8.73. The highest BCUT2D eigenvalue weighted by Gasteiger charge is 2.32. The number of aromatic nitrogens is 2. The summed E-state index contributed by atoms with van der Waals surface area (Å²) in [5.41, 5.74) is -1.20. The molecule has 2 aromatic heterocycles. The highest BCUT2D eigenvalue weighted by molar-refractivity contribution is 7.99. The van der Waals surface area contributed by atoms with Crippen LogP contribution in [0.4, 0.5) is 13.2 Å². The monoisotopic (exact) mass is 459 g/mol. The molecule has 1 saturated heterocycles. The van der Waals surface area contributed by atoms with Crippen LogP contribution in [0.5, 0.6) is 5.75 Å². The van der Waals surface area contributed by atoms with Crippen molar-refractivity contribution in [2.45, 2.75) is 37.0 Å². The lowest BCUT2D eigenvalue weighted by atomic mass is 10.3. The predicted octanol–water partition coefficient (Wildman–Crippen LogP) is 3.62. The molecule has 0 N–H and O–H groups in total. The van der Waals surface area contributed by atoms with Crippen LogP contribution < -0.4 is 10.2 Å². The second-order valence-corrected chi connectivity index (χ2v) is 8.07. The standard InChI is InChI=1S/C20H24F3N3O4S/c21-20(22,23)18-11-25-19(12-24-18)31-9-3-1-2-6-29-17-14-30-15(10-16(17)27)13-26-4-7-28-8-5-26/h10-12,14H,1-9,13H2. The zero-order chi connectivity index (χ0) is 22.1. The molecule has 7 nitrogen and oxygen atoms in total. The Morgan fingerprint density at radius 1 is 1.13 bits per heavy atom. The first-order chi connectivity index (χ1) is 14.9. The van der Waals surface area contributed by atoms with E-state index in [1.165, 1.54) is 24.1 Å². The number of unbranched alkanes of at least 4 members (excludes halogenated alkanes) is 2. The van der Waals surface area contributed by atoms with E-state index in [4.69, 9.17) is 13.9 Å². The average Bonchev–Trinajstić information content (AvgIpc) is 2.75. The minimum Gasteiger partial charge on any atom is -0.487 e. The summed E-state index contributed by atoms with van der Waals surface area (Å²) in [7, 11) is 0. The summed E-state index contributed by atoms with van der Waals surface area (Å²) in [6.07, 6.45) is 1.19. The smallest absolute Gasteiger partial charge is 0.434 e. The number of halogens is 3. The lowest BCUT2D eigenvalue weighted by molar-refractivity contribution is -0.141. The summed E-state index contributed by atoms with van der Waals surface area (Å²) < 4.78 is 53.7. The molecule has 2 aromatic rings. The van der Waals surface area contributed by atoms with Gasteiger partial charge in [0.2, 0.25) is 11.2 Å². The summed E-state index contributed by atoms with van der Waals surface area (Å²) in [4.78, 5) is 21.5. The Morgan fingerprint density at radius 3 is 2.61 bits per heavy atom. The largest absolute Gasteiger partial charge is 0.487 e. The molecule has 0 radical (unpaired) electrons. The van der Waals surface area contributed by atoms with Crippen molar-refractivity contribution in [3.63, 3.8) is 0 Å². The summed E-state index contributed by atoms with van der Waals surface area (Å²) in [6, 6.07) is 1.46. The van der Waals surface area contributed by atoms with Crippen LogP contribution in [-0.4, -0.2) is 53.5 Å². The fourth-order valence-electron chi connectivity index (χ4n) is 2.88. The molecule has 3 rings (SSSR count). The van der Waals surface area contributed by atoms with Gasteiger partial charge in [0.05, 0.1) is 38.8 Å². The normalized spacial score (nSPS) is 15.2. The van der Waals surface area contributed by atoms with Crippen LogP contribution in [0.25, 0.3) is 0 Å². The van der Waals surface area contributed by atoms with Crippen molar-refractivity contribution in [2.75, 3.05) is 38.7 Å². The highest BCUT2D eigenvalue weighted by atomic mass is 32.2. The van der Waals surface area contributed by atoms with E-state index in [9.17, 15) is 18.0 Å². The van der Waals surface area contributed by atoms with Gasteiger partial charge in [0.1, 0.15) is 17.0 Å². The van der Waals surface area contributed by atoms with Gasteiger partial charge in [-0.1, -0.05) is 0 Å². The van der Waals surface area contributed by atoms with Crippen LogP contribution in [0.1, 0.15) is 30.7 Å². The third kappa shape index (κ3) is 7.82. The minimum atomic E-state index is -4.48. The maximum absolute atomic E-state index is 12.5. The Balaban J connectivity index is 1.30. The maximum Gasteiger partial charge on any atom is 0.434 e. The first kappa shape index (κ1) is 23.6. The Morgan fingerprint density at radius 2 is 1.94 bits per heavy atom. The number of morpholine rings is 1. The SMILES string of the molecule is O=c1cc(CN2CCOCC2)occ1OCCCCCSc1cnc(C(F)(F)F)cn1. The van der Waals surface area contributed by atoms with E-state index in [2.05, 4.69) is 14.9 Å². The third-order valence-electron chi connectivity index (χ3n) is 4.55. The molecule has 0 spiro atoms. The molecule has 0 unspecified atom stereocenters. The summed E-state index contributed by atoms with van der Waals surface area (Å²) in [5, 5.41) is 0.457. The van der Waals surface area contributed by atoms with Gasteiger partial charge in [0, 0.05) is 19.2 Å². The summed E-state index contributed by atoms with van der Waals surface area (Å²) in [5.74, 6) is 1.50. The molecule has 170 valence electrons. The second-order valence-electron chi connectivity index (χ2n) is 6.96. The lowest BCUT2D eigenvalue weighted by Crippen LogP contribution is -2.35. The van der Waals surface area contributed by atoms with Gasteiger partial charge in [-0.25, -0.2) is 9.97 Å². The second kappa shape index (κ2) is 11.5. The van der Waals surface area contributed by atoms with E-state index in [0.717, 1.165) is 44.7 Å². The molecule has 0 bridgehead atoms. The molecule has 11 heteroatoms. The van der Waals surface area contributed by atoms with Crippen LogP contribution in [0.3, 0.4) is 0 Å². The molecule has 1 aliphatic rings. The number of hydrogen-bond donors (Lipinski definition) is 0. The van der Waals surface area contributed by atoms with Gasteiger partial charge in [-0.2, -0.15) is 13.2 Å². The van der Waals surface area contributed by atoms with Crippen LogP contribution >= 0.6 is 11.8 Å². The van der Waals surface area contributed by atoms with Crippen molar-refractivity contribution in [1.29, 1.82) is 0 Å². The molecule has 0 aromatic carbocycles. The molecule has 31 heavy (non-hydrogen) atoms. The van der Waals surface area contributed by atoms with E-state index in [1.54, 1.807) is 0 Å². The van der Waals surface area contributed by atoms with Crippen LogP contribution in [-0.2, 0) is 17.5 Å². The first-order valence-corrected chi connectivity index (χ1v) is 11.0. The molecular formula is C20H24F3N3O4S. The van der Waals surface area contributed by atoms with Gasteiger partial charge >= 0.3 is 6.18 Å². The first-order valence-electron chi connectivity index (χ1n) is 9.98. The molecule has 1 aliphatic heterocycles. The van der Waals surface area contributed by atoms with E-state index in [-0.39, 0.29) is 11.2 Å². The molecule has 0 saturated carbocycles. The van der Waals surface area contributed by atoms with E-state index < -0.39 is 11.9 Å². The molecular weight excluding hydrogens is 435 g/mol. The zero-order valence-corrected chi connectivity index (χ0v) is 17.7. The Bertz CT molecular complexity index is 871. The third-order valence-corrected chi connectivity index (χ3v) is 5.55. The van der Waals surface area contributed by atoms with E-state index >= 15 is 0 Å². The molecule has 0 amide bonds. The number of rotatable bonds is 10. The van der Waals surface area contributed by atoms with Gasteiger partial charge < -0.3 is 13.9 Å². The number of nitrogens with zero attached hydrogens (tertiary/aromatic N) is 3. The van der Waals surface area contributed by atoms with Gasteiger partial charge in [0.25, 0.3) is 0 Å².